The molecule has 0 bridgehead atoms. The summed E-state index contributed by atoms with van der Waals surface area (Å²) in [6.45, 7) is 0.540. The second kappa shape index (κ2) is 6.51. The first-order valence-corrected chi connectivity index (χ1v) is 7.99. The molecule has 2 atom stereocenters. The largest absolute Gasteiger partial charge is 0.484 e. The molecule has 24 heavy (non-hydrogen) atoms. The lowest BCUT2D eigenvalue weighted by Crippen LogP contribution is -2.29. The fourth-order valence-electron chi connectivity index (χ4n) is 3.29. The van der Waals surface area contributed by atoms with E-state index >= 15 is 0 Å². The molecular formula is C17H20N2O5. The predicted molar refractivity (Wildman–Crippen MR) is 84.4 cm³/mol. The molecule has 1 aromatic carbocycles. The topological polar surface area (TPSA) is 110 Å². The zero-order valence-electron chi connectivity index (χ0n) is 13.2. The summed E-state index contributed by atoms with van der Waals surface area (Å²) < 4.78 is 5.16. The van der Waals surface area contributed by atoms with Crippen molar-refractivity contribution < 1.29 is 24.2 Å². The fourth-order valence-corrected chi connectivity index (χ4v) is 3.29. The summed E-state index contributed by atoms with van der Waals surface area (Å²) >= 11 is 0. The van der Waals surface area contributed by atoms with Crippen molar-refractivity contribution in [3.63, 3.8) is 0 Å². The normalized spacial score (nSPS) is 23.1. The highest BCUT2D eigenvalue weighted by Gasteiger charge is 2.46. The third kappa shape index (κ3) is 3.50. The number of carboxylic acids is 1. The van der Waals surface area contributed by atoms with Crippen LogP contribution in [-0.4, -0.2) is 47.5 Å². The number of benzene rings is 1. The minimum Gasteiger partial charge on any atom is -0.484 e. The Morgan fingerprint density at radius 1 is 1.17 bits per heavy atom. The maximum absolute atomic E-state index is 12.6. The number of ether oxygens (including phenoxy) is 1. The van der Waals surface area contributed by atoms with Crippen LogP contribution in [0.5, 0.6) is 5.75 Å². The molecule has 0 radical (unpaired) electrons. The molecule has 7 nitrogen and oxygen atoms in total. The van der Waals surface area contributed by atoms with Crippen molar-refractivity contribution >= 4 is 17.8 Å². The molecule has 2 amide bonds. The SMILES string of the molecule is NC(=O)COc1ccc(C(=O)N2C[C@H](C(=O)O)[C@@H](C3CC3)C2)cc1. The maximum Gasteiger partial charge on any atom is 0.308 e. The summed E-state index contributed by atoms with van der Waals surface area (Å²) in [5.41, 5.74) is 5.48. The molecule has 2 fully saturated rings. The molecule has 1 saturated heterocycles. The van der Waals surface area contributed by atoms with Crippen molar-refractivity contribution in [3.8, 4) is 5.75 Å². The van der Waals surface area contributed by atoms with E-state index in [2.05, 4.69) is 0 Å². The van der Waals surface area contributed by atoms with E-state index in [1.54, 1.807) is 29.2 Å². The Morgan fingerprint density at radius 3 is 2.38 bits per heavy atom. The third-order valence-corrected chi connectivity index (χ3v) is 4.68. The minimum atomic E-state index is -0.822. The van der Waals surface area contributed by atoms with E-state index in [4.69, 9.17) is 10.5 Å². The molecule has 128 valence electrons. The van der Waals surface area contributed by atoms with Crippen LogP contribution >= 0.6 is 0 Å². The van der Waals surface area contributed by atoms with Gasteiger partial charge in [-0.2, -0.15) is 0 Å². The van der Waals surface area contributed by atoms with E-state index < -0.39 is 17.8 Å². The van der Waals surface area contributed by atoms with E-state index in [0.29, 0.717) is 23.8 Å². The van der Waals surface area contributed by atoms with E-state index in [0.717, 1.165) is 12.8 Å². The van der Waals surface area contributed by atoms with Crippen LogP contribution in [0.4, 0.5) is 0 Å². The number of amides is 2. The van der Waals surface area contributed by atoms with Crippen molar-refractivity contribution in [1.82, 2.24) is 4.90 Å². The molecule has 3 N–H and O–H groups in total. The van der Waals surface area contributed by atoms with Crippen LogP contribution in [0.15, 0.2) is 24.3 Å². The fraction of sp³-hybridized carbons (Fsp3) is 0.471. The Kier molecular flexibility index (Phi) is 4.42. The van der Waals surface area contributed by atoms with Gasteiger partial charge in [-0.05, 0) is 48.9 Å². The smallest absolute Gasteiger partial charge is 0.308 e. The first-order valence-electron chi connectivity index (χ1n) is 7.99. The molecule has 1 aromatic rings. The first kappa shape index (κ1) is 16.3. The summed E-state index contributed by atoms with van der Waals surface area (Å²) in [5.74, 6) is -1.09. The number of nitrogens with two attached hydrogens (primary N) is 1. The van der Waals surface area contributed by atoms with E-state index in [9.17, 15) is 19.5 Å². The van der Waals surface area contributed by atoms with Gasteiger partial charge in [0.05, 0.1) is 5.92 Å². The van der Waals surface area contributed by atoms with Crippen LogP contribution in [0.2, 0.25) is 0 Å². The van der Waals surface area contributed by atoms with Crippen LogP contribution in [-0.2, 0) is 9.59 Å². The summed E-state index contributed by atoms with van der Waals surface area (Å²) in [6.07, 6.45) is 2.12. The summed E-state index contributed by atoms with van der Waals surface area (Å²) in [7, 11) is 0. The zero-order chi connectivity index (χ0) is 17.3. The van der Waals surface area contributed by atoms with Gasteiger partial charge >= 0.3 is 5.97 Å². The standard InChI is InChI=1S/C17H20N2O5/c18-15(20)9-24-12-5-3-11(4-6-12)16(21)19-7-13(10-1-2-10)14(8-19)17(22)23/h3-6,10,13-14H,1-2,7-9H2,(H2,18,20)(H,22,23)/t13-,14+/m1/s1. The summed E-state index contributed by atoms with van der Waals surface area (Å²) in [4.78, 5) is 36.3. The van der Waals surface area contributed by atoms with Crippen molar-refractivity contribution in [2.24, 2.45) is 23.5 Å². The van der Waals surface area contributed by atoms with Crippen LogP contribution in [0, 0.1) is 17.8 Å². The van der Waals surface area contributed by atoms with E-state index in [-0.39, 0.29) is 25.0 Å². The molecule has 1 saturated carbocycles. The average molecular weight is 332 g/mol. The second-order valence-electron chi connectivity index (χ2n) is 6.44. The van der Waals surface area contributed by atoms with Gasteiger partial charge in [-0.15, -0.1) is 0 Å². The van der Waals surface area contributed by atoms with Gasteiger partial charge in [0.1, 0.15) is 5.75 Å². The molecule has 2 aliphatic rings. The van der Waals surface area contributed by atoms with Crippen LogP contribution < -0.4 is 10.5 Å². The van der Waals surface area contributed by atoms with Gasteiger partial charge in [-0.1, -0.05) is 0 Å². The number of carbonyl (C=O) groups is 3. The highest BCUT2D eigenvalue weighted by atomic mass is 16.5. The quantitative estimate of drug-likeness (QED) is 0.798. The lowest BCUT2D eigenvalue weighted by atomic mass is 9.92. The van der Waals surface area contributed by atoms with Gasteiger partial charge in [0.2, 0.25) is 0 Å². The van der Waals surface area contributed by atoms with Crippen LogP contribution in [0.3, 0.4) is 0 Å². The second-order valence-corrected chi connectivity index (χ2v) is 6.44. The van der Waals surface area contributed by atoms with Crippen molar-refractivity contribution in [3.05, 3.63) is 29.8 Å². The Balaban J connectivity index is 1.65. The van der Waals surface area contributed by atoms with Crippen LogP contribution in [0.25, 0.3) is 0 Å². The number of carboxylic acid groups (broad SMARTS) is 1. The Hall–Kier alpha value is -2.57. The number of rotatable bonds is 6. The third-order valence-electron chi connectivity index (χ3n) is 4.68. The molecule has 3 rings (SSSR count). The Labute approximate surface area is 139 Å². The zero-order valence-corrected chi connectivity index (χ0v) is 13.2. The number of primary amides is 1. The predicted octanol–water partition coefficient (Wildman–Crippen LogP) is 0.734. The monoisotopic (exact) mass is 332 g/mol. The van der Waals surface area contributed by atoms with E-state index in [1.165, 1.54) is 0 Å². The number of nitrogens with zero attached hydrogens (tertiary/aromatic N) is 1. The number of likely N-dealkylation sites (tertiary alicyclic amines) is 1. The Bertz CT molecular complexity index is 653. The molecule has 1 heterocycles. The van der Waals surface area contributed by atoms with Gasteiger partial charge in [-0.25, -0.2) is 0 Å². The lowest BCUT2D eigenvalue weighted by Gasteiger charge is -2.16. The number of hydrogen-bond donors (Lipinski definition) is 2. The van der Waals surface area contributed by atoms with Gasteiger partial charge < -0.3 is 20.5 Å². The molecular weight excluding hydrogens is 312 g/mol. The van der Waals surface area contributed by atoms with E-state index in [1.807, 2.05) is 0 Å². The molecule has 0 aromatic heterocycles. The van der Waals surface area contributed by atoms with Gasteiger partial charge in [0, 0.05) is 18.7 Å². The summed E-state index contributed by atoms with van der Waals surface area (Å²) in [6, 6.07) is 6.41. The molecule has 0 spiro atoms. The minimum absolute atomic E-state index is 0.0598. The Morgan fingerprint density at radius 2 is 1.83 bits per heavy atom. The lowest BCUT2D eigenvalue weighted by molar-refractivity contribution is -0.142. The molecule has 1 aliphatic carbocycles. The van der Waals surface area contributed by atoms with Crippen molar-refractivity contribution in [2.75, 3.05) is 19.7 Å². The molecule has 7 heteroatoms. The highest BCUT2D eigenvalue weighted by molar-refractivity contribution is 5.95. The van der Waals surface area contributed by atoms with Crippen LogP contribution in [0.1, 0.15) is 23.2 Å². The molecule has 0 unspecified atom stereocenters. The first-order chi connectivity index (χ1) is 11.5. The highest BCUT2D eigenvalue weighted by Crippen LogP contribution is 2.44. The van der Waals surface area contributed by atoms with Crippen molar-refractivity contribution in [2.45, 2.75) is 12.8 Å². The average Bonchev–Trinajstić information content (AvgIpc) is 3.30. The van der Waals surface area contributed by atoms with Gasteiger partial charge in [0.25, 0.3) is 11.8 Å². The summed E-state index contributed by atoms with van der Waals surface area (Å²) in [5, 5.41) is 9.38. The number of aliphatic carboxylic acids is 1. The number of hydrogen-bond acceptors (Lipinski definition) is 4. The van der Waals surface area contributed by atoms with Gasteiger partial charge in [-0.3, -0.25) is 14.4 Å². The number of carbonyl (C=O) groups excluding carboxylic acids is 2. The maximum atomic E-state index is 12.6. The van der Waals surface area contributed by atoms with Crippen molar-refractivity contribution in [1.29, 1.82) is 0 Å². The van der Waals surface area contributed by atoms with Gasteiger partial charge in [0.15, 0.2) is 6.61 Å². The molecule has 1 aliphatic heterocycles.